The van der Waals surface area contributed by atoms with Crippen LogP contribution in [-0.4, -0.2) is 11.1 Å². The SMILES string of the molecule is O=C(O)c1sc(Cl)cc1OCc1ccc(F)cc1. The lowest BCUT2D eigenvalue weighted by Crippen LogP contribution is -2.00. The van der Waals surface area contributed by atoms with Crippen molar-refractivity contribution in [3.63, 3.8) is 0 Å². The Kier molecular flexibility index (Phi) is 3.84. The van der Waals surface area contributed by atoms with Crippen LogP contribution in [0.4, 0.5) is 4.39 Å². The van der Waals surface area contributed by atoms with E-state index in [1.807, 2.05) is 0 Å². The summed E-state index contributed by atoms with van der Waals surface area (Å²) >= 11 is 6.68. The molecule has 0 atom stereocenters. The Labute approximate surface area is 111 Å². The zero-order valence-corrected chi connectivity index (χ0v) is 10.6. The highest BCUT2D eigenvalue weighted by molar-refractivity contribution is 7.18. The van der Waals surface area contributed by atoms with Gasteiger partial charge in [0.2, 0.25) is 0 Å². The number of carboxylic acids is 1. The van der Waals surface area contributed by atoms with Crippen LogP contribution in [0.5, 0.6) is 5.75 Å². The summed E-state index contributed by atoms with van der Waals surface area (Å²) in [4.78, 5) is 11.0. The molecule has 1 aromatic heterocycles. The lowest BCUT2D eigenvalue weighted by atomic mass is 10.2. The minimum Gasteiger partial charge on any atom is -0.487 e. The van der Waals surface area contributed by atoms with Crippen LogP contribution in [0, 0.1) is 5.82 Å². The number of rotatable bonds is 4. The van der Waals surface area contributed by atoms with Crippen molar-refractivity contribution < 1.29 is 19.0 Å². The van der Waals surface area contributed by atoms with Gasteiger partial charge in [0, 0.05) is 6.07 Å². The van der Waals surface area contributed by atoms with Gasteiger partial charge < -0.3 is 9.84 Å². The van der Waals surface area contributed by atoms with Crippen LogP contribution < -0.4 is 4.74 Å². The van der Waals surface area contributed by atoms with Gasteiger partial charge in [-0.1, -0.05) is 23.7 Å². The molecule has 0 saturated carbocycles. The fraction of sp³-hybridized carbons (Fsp3) is 0.0833. The number of carboxylic acid groups (broad SMARTS) is 1. The van der Waals surface area contributed by atoms with Crippen molar-refractivity contribution in [3.8, 4) is 5.75 Å². The minimum absolute atomic E-state index is 0.0575. The van der Waals surface area contributed by atoms with Gasteiger partial charge in [0.15, 0.2) is 4.88 Å². The summed E-state index contributed by atoms with van der Waals surface area (Å²) < 4.78 is 18.4. The van der Waals surface area contributed by atoms with Gasteiger partial charge in [0.25, 0.3) is 0 Å². The summed E-state index contributed by atoms with van der Waals surface area (Å²) in [7, 11) is 0. The van der Waals surface area contributed by atoms with Crippen molar-refractivity contribution in [2.75, 3.05) is 0 Å². The van der Waals surface area contributed by atoms with E-state index in [0.29, 0.717) is 4.34 Å². The molecule has 3 nitrogen and oxygen atoms in total. The van der Waals surface area contributed by atoms with E-state index in [1.165, 1.54) is 18.2 Å². The Morgan fingerprint density at radius 3 is 2.67 bits per heavy atom. The number of hydrogen-bond donors (Lipinski definition) is 1. The third-order valence-electron chi connectivity index (χ3n) is 2.17. The predicted molar refractivity (Wildman–Crippen MR) is 67.0 cm³/mol. The number of hydrogen-bond acceptors (Lipinski definition) is 3. The molecule has 0 radical (unpaired) electrons. The highest BCUT2D eigenvalue weighted by atomic mass is 35.5. The molecule has 0 amide bonds. The van der Waals surface area contributed by atoms with Gasteiger partial charge >= 0.3 is 5.97 Å². The molecule has 94 valence electrons. The fourth-order valence-corrected chi connectivity index (χ4v) is 2.34. The highest BCUT2D eigenvalue weighted by Crippen LogP contribution is 2.33. The first-order valence-corrected chi connectivity index (χ1v) is 6.15. The lowest BCUT2D eigenvalue weighted by Gasteiger charge is -2.05. The van der Waals surface area contributed by atoms with Crippen molar-refractivity contribution in [1.29, 1.82) is 0 Å². The van der Waals surface area contributed by atoms with Crippen LogP contribution >= 0.6 is 22.9 Å². The summed E-state index contributed by atoms with van der Waals surface area (Å²) in [6.07, 6.45) is 0. The number of aromatic carboxylic acids is 1. The standard InChI is InChI=1S/C12H8ClFO3S/c13-10-5-9(11(18-10)12(15)16)17-6-7-1-3-8(14)4-2-7/h1-5H,6H2,(H,15,16). The molecular weight excluding hydrogens is 279 g/mol. The van der Waals surface area contributed by atoms with E-state index in [1.54, 1.807) is 12.1 Å². The fourth-order valence-electron chi connectivity index (χ4n) is 1.34. The third-order valence-corrected chi connectivity index (χ3v) is 3.40. The summed E-state index contributed by atoms with van der Waals surface area (Å²) in [6, 6.07) is 7.24. The van der Waals surface area contributed by atoms with E-state index in [9.17, 15) is 9.18 Å². The molecule has 0 bridgehead atoms. The zero-order chi connectivity index (χ0) is 13.1. The molecule has 0 fully saturated rings. The van der Waals surface area contributed by atoms with Crippen molar-refractivity contribution >= 4 is 28.9 Å². The number of carbonyl (C=O) groups is 1. The van der Waals surface area contributed by atoms with Gasteiger partial charge in [-0.2, -0.15) is 0 Å². The third kappa shape index (κ3) is 3.00. The molecule has 0 aliphatic carbocycles. The smallest absolute Gasteiger partial charge is 0.349 e. The first-order chi connectivity index (χ1) is 8.56. The van der Waals surface area contributed by atoms with E-state index >= 15 is 0 Å². The van der Waals surface area contributed by atoms with Gasteiger partial charge in [-0.25, -0.2) is 9.18 Å². The van der Waals surface area contributed by atoms with E-state index in [-0.39, 0.29) is 23.1 Å². The first-order valence-electron chi connectivity index (χ1n) is 4.96. The summed E-state index contributed by atoms with van der Waals surface area (Å²) in [6.45, 7) is 0.160. The highest BCUT2D eigenvalue weighted by Gasteiger charge is 2.16. The van der Waals surface area contributed by atoms with Gasteiger partial charge in [0.05, 0.1) is 4.34 Å². The molecule has 6 heteroatoms. The first kappa shape index (κ1) is 12.9. The summed E-state index contributed by atoms with van der Waals surface area (Å²) in [5.74, 6) is -1.19. The molecule has 1 N–H and O–H groups in total. The van der Waals surface area contributed by atoms with Gasteiger partial charge in [-0.05, 0) is 17.7 Å². The van der Waals surface area contributed by atoms with Crippen LogP contribution in [0.1, 0.15) is 15.2 Å². The second kappa shape index (κ2) is 5.37. The Bertz CT molecular complexity index is 565. The molecule has 0 aliphatic rings. The molecule has 2 rings (SSSR count). The van der Waals surface area contributed by atoms with E-state index in [4.69, 9.17) is 21.4 Å². The van der Waals surface area contributed by atoms with Crippen molar-refractivity contribution in [2.24, 2.45) is 0 Å². The maximum Gasteiger partial charge on any atom is 0.349 e. The molecule has 0 spiro atoms. The van der Waals surface area contributed by atoms with Crippen LogP contribution in [-0.2, 0) is 6.61 Å². The van der Waals surface area contributed by atoms with Crippen molar-refractivity contribution in [2.45, 2.75) is 6.61 Å². The summed E-state index contributed by atoms with van der Waals surface area (Å²) in [5.41, 5.74) is 0.745. The Morgan fingerprint density at radius 1 is 1.39 bits per heavy atom. The molecule has 0 aliphatic heterocycles. The Hall–Kier alpha value is -1.59. The van der Waals surface area contributed by atoms with E-state index in [2.05, 4.69) is 0 Å². The van der Waals surface area contributed by atoms with Crippen LogP contribution in [0.15, 0.2) is 30.3 Å². The molecule has 1 heterocycles. The van der Waals surface area contributed by atoms with E-state index < -0.39 is 5.97 Å². The molecule has 18 heavy (non-hydrogen) atoms. The van der Waals surface area contributed by atoms with Crippen molar-refractivity contribution in [1.82, 2.24) is 0 Å². The quantitative estimate of drug-likeness (QED) is 0.929. The lowest BCUT2D eigenvalue weighted by molar-refractivity contribution is 0.0697. The molecule has 0 unspecified atom stereocenters. The van der Waals surface area contributed by atoms with Crippen molar-refractivity contribution in [3.05, 3.63) is 50.9 Å². The largest absolute Gasteiger partial charge is 0.487 e. The van der Waals surface area contributed by atoms with Gasteiger partial charge in [-0.15, -0.1) is 11.3 Å². The second-order valence-electron chi connectivity index (χ2n) is 3.46. The Morgan fingerprint density at radius 2 is 2.06 bits per heavy atom. The minimum atomic E-state index is -1.08. The number of thiophene rings is 1. The zero-order valence-electron chi connectivity index (χ0n) is 9.02. The van der Waals surface area contributed by atoms with Gasteiger partial charge in [0.1, 0.15) is 18.2 Å². The van der Waals surface area contributed by atoms with Crippen LogP contribution in [0.2, 0.25) is 4.34 Å². The normalized spacial score (nSPS) is 10.3. The second-order valence-corrected chi connectivity index (χ2v) is 5.15. The maximum absolute atomic E-state index is 12.7. The molecule has 0 saturated heterocycles. The monoisotopic (exact) mass is 286 g/mol. The molecule has 1 aromatic carbocycles. The average molecular weight is 287 g/mol. The van der Waals surface area contributed by atoms with Crippen LogP contribution in [0.3, 0.4) is 0 Å². The molecular formula is C12H8ClFO3S. The van der Waals surface area contributed by atoms with Crippen LogP contribution in [0.25, 0.3) is 0 Å². The maximum atomic E-state index is 12.7. The Balaban J connectivity index is 2.10. The van der Waals surface area contributed by atoms with E-state index in [0.717, 1.165) is 16.9 Å². The number of benzene rings is 1. The number of ether oxygens (including phenoxy) is 1. The average Bonchev–Trinajstić information content (AvgIpc) is 2.70. The van der Waals surface area contributed by atoms with Gasteiger partial charge in [-0.3, -0.25) is 0 Å². The topological polar surface area (TPSA) is 46.5 Å². The molecule has 2 aromatic rings. The summed E-state index contributed by atoms with van der Waals surface area (Å²) in [5, 5.41) is 8.93. The number of halogens is 2. The predicted octanol–water partition coefficient (Wildman–Crippen LogP) is 3.82.